The van der Waals surface area contributed by atoms with Crippen LogP contribution >= 0.6 is 0 Å². The Bertz CT molecular complexity index is 714. The van der Waals surface area contributed by atoms with Gasteiger partial charge in [0.1, 0.15) is 12.4 Å². The Balaban J connectivity index is 1.72. The quantitative estimate of drug-likeness (QED) is 0.847. The summed E-state index contributed by atoms with van der Waals surface area (Å²) >= 11 is 0. The molecule has 0 aliphatic heterocycles. The van der Waals surface area contributed by atoms with E-state index < -0.39 is 0 Å². The Labute approximate surface area is 146 Å². The molecule has 0 heterocycles. The summed E-state index contributed by atoms with van der Waals surface area (Å²) in [4.78, 5) is 25.3. The van der Waals surface area contributed by atoms with E-state index in [0.717, 1.165) is 11.1 Å². The molecule has 0 unspecified atom stereocenters. The summed E-state index contributed by atoms with van der Waals surface area (Å²) in [5, 5.41) is 5.48. The van der Waals surface area contributed by atoms with E-state index in [0.29, 0.717) is 18.7 Å². The Kier molecular flexibility index (Phi) is 6.51. The maximum Gasteiger partial charge on any atom is 0.317 e. The summed E-state index contributed by atoms with van der Waals surface area (Å²) in [6.45, 7) is 2.33. The van der Waals surface area contributed by atoms with E-state index in [9.17, 15) is 14.0 Å². The van der Waals surface area contributed by atoms with E-state index >= 15 is 0 Å². The second-order valence-electron chi connectivity index (χ2n) is 5.88. The number of urea groups is 1. The van der Waals surface area contributed by atoms with Crippen LogP contribution in [0, 0.1) is 12.7 Å². The summed E-state index contributed by atoms with van der Waals surface area (Å²) in [6, 6.07) is 13.2. The van der Waals surface area contributed by atoms with Gasteiger partial charge in [-0.25, -0.2) is 9.18 Å². The highest BCUT2D eigenvalue weighted by atomic mass is 19.1. The van der Waals surface area contributed by atoms with Crippen molar-refractivity contribution < 1.29 is 14.0 Å². The molecule has 2 aromatic rings. The summed E-state index contributed by atoms with van der Waals surface area (Å²) in [5.74, 6) is -0.549. The van der Waals surface area contributed by atoms with Crippen molar-refractivity contribution in [2.75, 3.05) is 25.5 Å². The molecule has 2 rings (SSSR count). The first-order valence-electron chi connectivity index (χ1n) is 8.04. The molecule has 0 bridgehead atoms. The third-order valence-electron chi connectivity index (χ3n) is 3.67. The summed E-state index contributed by atoms with van der Waals surface area (Å²) in [6.07, 6.45) is 0.593. The van der Waals surface area contributed by atoms with Gasteiger partial charge in [-0.15, -0.1) is 0 Å². The summed E-state index contributed by atoms with van der Waals surface area (Å²) in [7, 11) is 1.56. The number of benzene rings is 2. The van der Waals surface area contributed by atoms with E-state index in [1.54, 1.807) is 19.2 Å². The Morgan fingerprint density at radius 3 is 2.32 bits per heavy atom. The molecule has 2 N–H and O–H groups in total. The van der Waals surface area contributed by atoms with Gasteiger partial charge < -0.3 is 15.5 Å². The van der Waals surface area contributed by atoms with Crippen molar-refractivity contribution in [3.05, 3.63) is 65.5 Å². The molecule has 0 spiro atoms. The first-order valence-corrected chi connectivity index (χ1v) is 8.04. The van der Waals surface area contributed by atoms with Crippen LogP contribution in [-0.4, -0.2) is 37.0 Å². The molecule has 132 valence electrons. The van der Waals surface area contributed by atoms with Gasteiger partial charge in [0.25, 0.3) is 0 Å². The maximum atomic E-state index is 12.8. The second-order valence-corrected chi connectivity index (χ2v) is 5.88. The van der Waals surface area contributed by atoms with Gasteiger partial charge in [-0.05, 0) is 43.2 Å². The second kappa shape index (κ2) is 8.82. The van der Waals surface area contributed by atoms with E-state index in [1.165, 1.54) is 17.0 Å². The lowest BCUT2D eigenvalue weighted by Gasteiger charge is -2.17. The minimum absolute atomic E-state index is 0.0454. The number of nitrogens with zero attached hydrogens (tertiary/aromatic N) is 1. The number of amides is 3. The van der Waals surface area contributed by atoms with Crippen LogP contribution in [0.5, 0.6) is 0 Å². The average molecular weight is 343 g/mol. The highest BCUT2D eigenvalue weighted by Gasteiger charge is 2.12. The number of rotatable bonds is 6. The fourth-order valence-electron chi connectivity index (χ4n) is 2.22. The van der Waals surface area contributed by atoms with Crippen molar-refractivity contribution in [2.24, 2.45) is 0 Å². The number of nitrogens with one attached hydrogen (secondary N) is 2. The van der Waals surface area contributed by atoms with Gasteiger partial charge in [0.15, 0.2) is 0 Å². The van der Waals surface area contributed by atoms with Crippen LogP contribution in [0.25, 0.3) is 0 Å². The SMILES string of the molecule is Cc1ccc(NC(=O)CN(C)C(=O)NCCc2ccc(F)cc2)cc1. The van der Waals surface area contributed by atoms with Crippen LogP contribution in [0.2, 0.25) is 0 Å². The molecule has 0 saturated carbocycles. The molecule has 2 aromatic carbocycles. The van der Waals surface area contributed by atoms with Crippen LogP contribution in [0.3, 0.4) is 0 Å². The predicted molar refractivity (Wildman–Crippen MR) is 95.9 cm³/mol. The van der Waals surface area contributed by atoms with E-state index in [-0.39, 0.29) is 24.3 Å². The highest BCUT2D eigenvalue weighted by Crippen LogP contribution is 2.08. The predicted octanol–water partition coefficient (Wildman–Crippen LogP) is 2.96. The number of aryl methyl sites for hydroxylation is 1. The number of anilines is 1. The highest BCUT2D eigenvalue weighted by molar-refractivity contribution is 5.94. The average Bonchev–Trinajstić information content (AvgIpc) is 2.58. The molecule has 0 atom stereocenters. The fraction of sp³-hybridized carbons (Fsp3) is 0.263. The number of carbonyl (C=O) groups is 2. The maximum absolute atomic E-state index is 12.8. The van der Waals surface area contributed by atoms with Gasteiger partial charge in [-0.2, -0.15) is 0 Å². The van der Waals surface area contributed by atoms with Gasteiger partial charge in [0.05, 0.1) is 0 Å². The monoisotopic (exact) mass is 343 g/mol. The molecule has 0 radical (unpaired) electrons. The van der Waals surface area contributed by atoms with Gasteiger partial charge in [-0.1, -0.05) is 29.8 Å². The van der Waals surface area contributed by atoms with E-state index in [2.05, 4.69) is 10.6 Å². The van der Waals surface area contributed by atoms with Crippen LogP contribution < -0.4 is 10.6 Å². The van der Waals surface area contributed by atoms with Crippen molar-refractivity contribution >= 4 is 17.6 Å². The fourth-order valence-corrected chi connectivity index (χ4v) is 2.22. The zero-order valence-electron chi connectivity index (χ0n) is 14.4. The molecular weight excluding hydrogens is 321 g/mol. The van der Waals surface area contributed by atoms with Crippen molar-refractivity contribution in [3.8, 4) is 0 Å². The number of carbonyl (C=O) groups excluding carboxylic acids is 2. The molecule has 0 aliphatic carbocycles. The molecule has 0 saturated heterocycles. The minimum Gasteiger partial charge on any atom is -0.338 e. The van der Waals surface area contributed by atoms with Gasteiger partial charge in [-0.3, -0.25) is 4.79 Å². The molecule has 0 fully saturated rings. The number of hydrogen-bond donors (Lipinski definition) is 2. The van der Waals surface area contributed by atoms with Crippen LogP contribution in [-0.2, 0) is 11.2 Å². The van der Waals surface area contributed by atoms with E-state index in [4.69, 9.17) is 0 Å². The normalized spacial score (nSPS) is 10.2. The molecule has 6 heteroatoms. The van der Waals surface area contributed by atoms with Crippen LogP contribution in [0.15, 0.2) is 48.5 Å². The third kappa shape index (κ3) is 6.25. The molecule has 5 nitrogen and oxygen atoms in total. The summed E-state index contributed by atoms with van der Waals surface area (Å²) < 4.78 is 12.8. The zero-order valence-corrected chi connectivity index (χ0v) is 14.4. The number of hydrogen-bond acceptors (Lipinski definition) is 2. The standard InChI is InChI=1S/C19H22FN3O2/c1-14-3-9-17(10-4-14)22-18(24)13-23(2)19(25)21-12-11-15-5-7-16(20)8-6-15/h3-10H,11-13H2,1-2H3,(H,21,25)(H,22,24). The number of halogens is 1. The minimum atomic E-state index is -0.332. The van der Waals surface area contributed by atoms with Crippen molar-refractivity contribution in [1.82, 2.24) is 10.2 Å². The smallest absolute Gasteiger partial charge is 0.317 e. The number of likely N-dealkylation sites (N-methyl/N-ethyl adjacent to an activating group) is 1. The first-order chi connectivity index (χ1) is 11.9. The molecule has 3 amide bonds. The van der Waals surface area contributed by atoms with Gasteiger partial charge in [0.2, 0.25) is 5.91 Å². The van der Waals surface area contributed by atoms with Crippen molar-refractivity contribution in [3.63, 3.8) is 0 Å². The van der Waals surface area contributed by atoms with Gasteiger partial charge >= 0.3 is 6.03 Å². The third-order valence-corrected chi connectivity index (χ3v) is 3.67. The van der Waals surface area contributed by atoms with Gasteiger partial charge in [0, 0.05) is 19.3 Å². The van der Waals surface area contributed by atoms with Crippen LogP contribution in [0.1, 0.15) is 11.1 Å². The molecule has 0 aliphatic rings. The molecular formula is C19H22FN3O2. The molecule has 25 heavy (non-hydrogen) atoms. The first kappa shape index (κ1) is 18.4. The lowest BCUT2D eigenvalue weighted by molar-refractivity contribution is -0.116. The molecule has 0 aromatic heterocycles. The summed E-state index contributed by atoms with van der Waals surface area (Å²) in [5.41, 5.74) is 2.73. The van der Waals surface area contributed by atoms with E-state index in [1.807, 2.05) is 31.2 Å². The Morgan fingerprint density at radius 2 is 1.68 bits per heavy atom. The Morgan fingerprint density at radius 1 is 1.04 bits per heavy atom. The lowest BCUT2D eigenvalue weighted by atomic mass is 10.1. The zero-order chi connectivity index (χ0) is 18.2. The van der Waals surface area contributed by atoms with Crippen molar-refractivity contribution in [2.45, 2.75) is 13.3 Å². The Hall–Kier alpha value is -2.89. The lowest BCUT2D eigenvalue weighted by Crippen LogP contribution is -2.42. The largest absolute Gasteiger partial charge is 0.338 e. The van der Waals surface area contributed by atoms with Crippen LogP contribution in [0.4, 0.5) is 14.9 Å². The van der Waals surface area contributed by atoms with Crippen molar-refractivity contribution in [1.29, 1.82) is 0 Å². The topological polar surface area (TPSA) is 61.4 Å².